The predicted molar refractivity (Wildman–Crippen MR) is 60.8 cm³/mol. The lowest BCUT2D eigenvalue weighted by atomic mass is 10.2. The average Bonchev–Trinajstić information content (AvgIpc) is 2.13. The van der Waals surface area contributed by atoms with E-state index in [4.69, 9.17) is 0 Å². The van der Waals surface area contributed by atoms with E-state index < -0.39 is 0 Å². The first-order chi connectivity index (χ1) is 6.58. The fraction of sp³-hybridized carbons (Fsp3) is 0.385. The molecule has 82 valence electrons. The molecule has 15 heavy (non-hydrogen) atoms. The average molecular weight is 315 g/mol. The molecule has 0 heterocycles. The molecule has 0 radical (unpaired) electrons. The molecule has 0 spiro atoms. The van der Waals surface area contributed by atoms with Gasteiger partial charge >= 0.3 is 0 Å². The van der Waals surface area contributed by atoms with E-state index in [1.165, 1.54) is 0 Å². The van der Waals surface area contributed by atoms with Gasteiger partial charge in [0.1, 0.15) is 0 Å². The second-order valence-electron chi connectivity index (χ2n) is 4.43. The first kappa shape index (κ1) is 14.5. The highest BCUT2D eigenvalue weighted by Crippen LogP contribution is 1.96. The lowest BCUT2D eigenvalue weighted by Crippen LogP contribution is -3.00. The molecule has 0 amide bonds. The molecule has 1 aromatic carbocycles. The topological polar surface area (TPSA) is 0 Å². The number of hydrogen-bond acceptors (Lipinski definition) is 0. The highest BCUT2D eigenvalue weighted by molar-refractivity contribution is 5.33. The standard InChI is InChI=1S/C13H18N.HI/c1-14(2,3)12-8-7-11-13-9-5-4-6-10-13;/h4-6,9-10H,8,12H2,1-3H3;1H/q+1;/p-1. The van der Waals surface area contributed by atoms with Crippen LogP contribution in [0.15, 0.2) is 30.3 Å². The monoisotopic (exact) mass is 315 g/mol. The van der Waals surface area contributed by atoms with Crippen molar-refractivity contribution in [3.05, 3.63) is 35.9 Å². The van der Waals surface area contributed by atoms with Gasteiger partial charge in [0, 0.05) is 5.56 Å². The van der Waals surface area contributed by atoms with Gasteiger partial charge in [-0.05, 0) is 12.1 Å². The Kier molecular flexibility index (Phi) is 6.62. The quantitative estimate of drug-likeness (QED) is 0.378. The summed E-state index contributed by atoms with van der Waals surface area (Å²) in [6.07, 6.45) is 0.957. The third kappa shape index (κ3) is 7.40. The number of benzene rings is 1. The van der Waals surface area contributed by atoms with E-state index in [0.29, 0.717) is 0 Å². The van der Waals surface area contributed by atoms with Gasteiger partial charge in [-0.15, -0.1) is 0 Å². The molecule has 0 bridgehead atoms. The van der Waals surface area contributed by atoms with E-state index in [0.717, 1.165) is 23.0 Å². The van der Waals surface area contributed by atoms with E-state index in [1.807, 2.05) is 30.3 Å². The van der Waals surface area contributed by atoms with Crippen LogP contribution in [0.3, 0.4) is 0 Å². The van der Waals surface area contributed by atoms with Crippen molar-refractivity contribution in [2.45, 2.75) is 6.42 Å². The summed E-state index contributed by atoms with van der Waals surface area (Å²) in [7, 11) is 6.55. The van der Waals surface area contributed by atoms with Crippen molar-refractivity contribution in [2.75, 3.05) is 27.7 Å². The van der Waals surface area contributed by atoms with Gasteiger partial charge in [0.2, 0.25) is 0 Å². The number of quaternary nitrogens is 1. The van der Waals surface area contributed by atoms with E-state index in [2.05, 4.69) is 33.0 Å². The zero-order valence-corrected chi connectivity index (χ0v) is 11.8. The Morgan fingerprint density at radius 3 is 2.20 bits per heavy atom. The molecule has 0 aliphatic rings. The predicted octanol–water partition coefficient (Wildman–Crippen LogP) is -0.862. The minimum Gasteiger partial charge on any atom is -1.00 e. The second-order valence-corrected chi connectivity index (χ2v) is 4.43. The third-order valence-corrected chi connectivity index (χ3v) is 1.91. The summed E-state index contributed by atoms with van der Waals surface area (Å²) in [4.78, 5) is 0. The van der Waals surface area contributed by atoms with Crippen molar-refractivity contribution >= 4 is 0 Å². The summed E-state index contributed by atoms with van der Waals surface area (Å²) in [6.45, 7) is 1.10. The van der Waals surface area contributed by atoms with Crippen LogP contribution in [0, 0.1) is 11.8 Å². The number of nitrogens with zero attached hydrogens (tertiary/aromatic N) is 1. The van der Waals surface area contributed by atoms with E-state index >= 15 is 0 Å². The molecule has 2 heteroatoms. The molecule has 0 saturated carbocycles. The molecule has 0 saturated heterocycles. The Bertz CT molecular complexity index is 327. The lowest BCUT2D eigenvalue weighted by molar-refractivity contribution is -0.869. The van der Waals surface area contributed by atoms with Crippen LogP contribution < -0.4 is 24.0 Å². The molecule has 0 fully saturated rings. The number of halogens is 1. The molecule has 0 atom stereocenters. The molecule has 0 aliphatic carbocycles. The molecular formula is C13H18IN. The summed E-state index contributed by atoms with van der Waals surface area (Å²) in [6, 6.07) is 10.1. The van der Waals surface area contributed by atoms with E-state index in [1.54, 1.807) is 0 Å². The van der Waals surface area contributed by atoms with Gasteiger partial charge < -0.3 is 28.5 Å². The van der Waals surface area contributed by atoms with Crippen molar-refractivity contribution in [2.24, 2.45) is 0 Å². The summed E-state index contributed by atoms with van der Waals surface area (Å²) < 4.78 is 0.976. The maximum Gasteiger partial charge on any atom is 0.0891 e. The van der Waals surface area contributed by atoms with Crippen molar-refractivity contribution in [1.29, 1.82) is 0 Å². The van der Waals surface area contributed by atoms with Crippen molar-refractivity contribution < 1.29 is 28.5 Å². The van der Waals surface area contributed by atoms with Crippen molar-refractivity contribution in [3.63, 3.8) is 0 Å². The van der Waals surface area contributed by atoms with Gasteiger partial charge in [-0.25, -0.2) is 0 Å². The first-order valence-corrected chi connectivity index (χ1v) is 4.92. The zero-order valence-electron chi connectivity index (χ0n) is 9.63. The van der Waals surface area contributed by atoms with Crippen molar-refractivity contribution in [1.82, 2.24) is 0 Å². The van der Waals surface area contributed by atoms with Crippen LogP contribution in [0.25, 0.3) is 0 Å². The number of rotatable bonds is 2. The van der Waals surface area contributed by atoms with Crippen LogP contribution >= 0.6 is 0 Å². The number of hydrogen-bond donors (Lipinski definition) is 0. The van der Waals surface area contributed by atoms with Crippen molar-refractivity contribution in [3.8, 4) is 11.8 Å². The molecule has 0 N–H and O–H groups in total. The summed E-state index contributed by atoms with van der Waals surface area (Å²) in [5.41, 5.74) is 1.11. The normalized spacial score (nSPS) is 9.80. The first-order valence-electron chi connectivity index (χ1n) is 4.92. The van der Waals surface area contributed by atoms with Gasteiger partial charge in [-0.2, -0.15) is 0 Å². The van der Waals surface area contributed by atoms with Gasteiger partial charge in [-0.3, -0.25) is 0 Å². The summed E-state index contributed by atoms with van der Waals surface area (Å²) in [5.74, 6) is 6.35. The highest BCUT2D eigenvalue weighted by Gasteiger charge is 2.03. The minimum atomic E-state index is 0. The maximum absolute atomic E-state index is 3.19. The molecule has 0 aliphatic heterocycles. The Labute approximate surface area is 110 Å². The van der Waals surface area contributed by atoms with Crippen LogP contribution in [0.4, 0.5) is 0 Å². The molecular weight excluding hydrogens is 297 g/mol. The van der Waals surface area contributed by atoms with Gasteiger partial charge in [-0.1, -0.05) is 30.0 Å². The van der Waals surface area contributed by atoms with Gasteiger partial charge in [0.25, 0.3) is 0 Å². The zero-order chi connectivity index (χ0) is 10.4. The fourth-order valence-electron chi connectivity index (χ4n) is 1.08. The SMILES string of the molecule is C[N+](C)(C)CCC#Cc1ccccc1.[I-]. The smallest absolute Gasteiger partial charge is 0.0891 e. The van der Waals surface area contributed by atoms with Gasteiger partial charge in [0.05, 0.1) is 34.1 Å². The maximum atomic E-state index is 3.19. The Morgan fingerprint density at radius 2 is 1.67 bits per heavy atom. The lowest BCUT2D eigenvalue weighted by Gasteiger charge is -2.22. The van der Waals surface area contributed by atoms with Crippen LogP contribution in [-0.2, 0) is 0 Å². The summed E-state index contributed by atoms with van der Waals surface area (Å²) in [5, 5.41) is 0. The van der Waals surface area contributed by atoms with E-state index in [9.17, 15) is 0 Å². The molecule has 1 aromatic rings. The Hall–Kier alpha value is -0.530. The highest BCUT2D eigenvalue weighted by atomic mass is 127. The summed E-state index contributed by atoms with van der Waals surface area (Å²) >= 11 is 0. The molecule has 1 nitrogen and oxygen atoms in total. The van der Waals surface area contributed by atoms with Crippen LogP contribution in [0.2, 0.25) is 0 Å². The second kappa shape index (κ2) is 6.86. The largest absolute Gasteiger partial charge is 1.00 e. The fourth-order valence-corrected chi connectivity index (χ4v) is 1.08. The molecule has 1 rings (SSSR count). The molecule has 0 unspecified atom stereocenters. The van der Waals surface area contributed by atoms with Crippen LogP contribution in [0.5, 0.6) is 0 Å². The molecule has 0 aromatic heterocycles. The van der Waals surface area contributed by atoms with Gasteiger partial charge in [0.15, 0.2) is 0 Å². The minimum absolute atomic E-state index is 0. The van der Waals surface area contributed by atoms with E-state index in [-0.39, 0.29) is 24.0 Å². The van der Waals surface area contributed by atoms with Crippen LogP contribution in [0.1, 0.15) is 12.0 Å². The Morgan fingerprint density at radius 1 is 1.07 bits per heavy atom. The van der Waals surface area contributed by atoms with Crippen LogP contribution in [-0.4, -0.2) is 32.2 Å². The Balaban J connectivity index is 0.00000196. The third-order valence-electron chi connectivity index (χ3n) is 1.91.